The van der Waals surface area contributed by atoms with E-state index in [0.717, 1.165) is 29.1 Å². The van der Waals surface area contributed by atoms with Crippen molar-refractivity contribution in [2.24, 2.45) is 0 Å². The number of benzene rings is 1. The van der Waals surface area contributed by atoms with Crippen LogP contribution in [0.15, 0.2) is 18.2 Å². The first-order valence-electron chi connectivity index (χ1n) is 6.80. The molecule has 19 heavy (non-hydrogen) atoms. The van der Waals surface area contributed by atoms with E-state index < -0.39 is 0 Å². The quantitative estimate of drug-likeness (QED) is 0.589. The van der Waals surface area contributed by atoms with Crippen LogP contribution in [0, 0.1) is 6.92 Å². The van der Waals surface area contributed by atoms with E-state index >= 15 is 0 Å². The highest BCUT2D eigenvalue weighted by molar-refractivity contribution is 7.99. The van der Waals surface area contributed by atoms with Crippen LogP contribution in [0.2, 0.25) is 0 Å². The van der Waals surface area contributed by atoms with Gasteiger partial charge in [-0.05, 0) is 49.3 Å². The van der Waals surface area contributed by atoms with E-state index in [0.29, 0.717) is 11.7 Å². The maximum atomic E-state index is 11.8. The number of nitrogens with two attached hydrogens (primary N) is 1. The smallest absolute Gasteiger partial charge is 0.224 e. The molecule has 0 radical (unpaired) electrons. The summed E-state index contributed by atoms with van der Waals surface area (Å²) in [7, 11) is 0. The van der Waals surface area contributed by atoms with E-state index in [9.17, 15) is 4.79 Å². The summed E-state index contributed by atoms with van der Waals surface area (Å²) in [6, 6.07) is 5.53. The third-order valence-electron chi connectivity index (χ3n) is 3.05. The third kappa shape index (κ3) is 6.01. The Bertz CT molecular complexity index is 421. The van der Waals surface area contributed by atoms with Crippen molar-refractivity contribution in [1.82, 2.24) is 0 Å². The van der Waals surface area contributed by atoms with E-state index in [1.54, 1.807) is 6.07 Å². The van der Waals surface area contributed by atoms with Gasteiger partial charge in [0.25, 0.3) is 0 Å². The van der Waals surface area contributed by atoms with Crippen molar-refractivity contribution in [3.05, 3.63) is 23.8 Å². The minimum absolute atomic E-state index is 0.0811. The Morgan fingerprint density at radius 2 is 2.21 bits per heavy atom. The zero-order chi connectivity index (χ0) is 14.3. The summed E-state index contributed by atoms with van der Waals surface area (Å²) in [4.78, 5) is 11.8. The maximum absolute atomic E-state index is 11.8. The number of rotatable bonds is 7. The van der Waals surface area contributed by atoms with Crippen LogP contribution in [0.3, 0.4) is 0 Å². The normalized spacial score (nSPS) is 12.2. The number of nitrogens with one attached hydrogen (secondary N) is 1. The van der Waals surface area contributed by atoms with Gasteiger partial charge in [-0.1, -0.05) is 13.8 Å². The summed E-state index contributed by atoms with van der Waals surface area (Å²) >= 11 is 1.93. The molecule has 0 bridgehead atoms. The molecule has 0 heterocycles. The Hall–Kier alpha value is -1.16. The molecule has 0 fully saturated rings. The molecule has 1 rings (SSSR count). The van der Waals surface area contributed by atoms with Gasteiger partial charge in [-0.15, -0.1) is 0 Å². The predicted molar refractivity (Wildman–Crippen MR) is 85.7 cm³/mol. The molecule has 1 unspecified atom stereocenters. The molecule has 1 atom stereocenters. The predicted octanol–water partition coefficient (Wildman–Crippen LogP) is 3.83. The topological polar surface area (TPSA) is 55.1 Å². The second-order valence-electron chi connectivity index (χ2n) is 4.82. The molecule has 0 aliphatic rings. The van der Waals surface area contributed by atoms with Crippen LogP contribution in [0.1, 0.15) is 38.7 Å². The Kier molecular flexibility index (Phi) is 6.78. The van der Waals surface area contributed by atoms with Gasteiger partial charge >= 0.3 is 0 Å². The monoisotopic (exact) mass is 280 g/mol. The number of carbonyl (C=O) groups excluding carboxylic acids is 1. The second-order valence-corrected chi connectivity index (χ2v) is 6.36. The lowest BCUT2D eigenvalue weighted by Crippen LogP contribution is -2.12. The molecule has 0 aliphatic carbocycles. The van der Waals surface area contributed by atoms with Crippen molar-refractivity contribution in [2.75, 3.05) is 16.8 Å². The average Bonchev–Trinajstić information content (AvgIpc) is 2.37. The molecular weight excluding hydrogens is 256 g/mol. The molecule has 0 saturated carbocycles. The summed E-state index contributed by atoms with van der Waals surface area (Å²) in [6.45, 7) is 6.36. The lowest BCUT2D eigenvalue weighted by molar-refractivity contribution is -0.116. The first-order chi connectivity index (χ1) is 9.02. The molecule has 1 aromatic carbocycles. The number of anilines is 2. The average molecular weight is 280 g/mol. The highest BCUT2D eigenvalue weighted by Gasteiger charge is 2.05. The fourth-order valence-electron chi connectivity index (χ4n) is 1.67. The number of amides is 1. The van der Waals surface area contributed by atoms with E-state index in [2.05, 4.69) is 19.2 Å². The van der Waals surface area contributed by atoms with Gasteiger partial charge in [0.1, 0.15) is 0 Å². The maximum Gasteiger partial charge on any atom is 0.224 e. The van der Waals surface area contributed by atoms with Crippen LogP contribution in [0.25, 0.3) is 0 Å². The standard InChI is InChI=1S/C15H24N2OS/c1-4-12(3)19-9-5-6-15(18)17-14-8-7-13(16)10-11(14)2/h7-8,10,12H,4-6,9,16H2,1-3H3,(H,17,18). The van der Waals surface area contributed by atoms with E-state index in [1.165, 1.54) is 6.42 Å². The van der Waals surface area contributed by atoms with E-state index in [4.69, 9.17) is 5.73 Å². The molecule has 0 saturated heterocycles. The number of thioether (sulfide) groups is 1. The van der Waals surface area contributed by atoms with Gasteiger partial charge in [-0.3, -0.25) is 4.79 Å². The van der Waals surface area contributed by atoms with Crippen molar-refractivity contribution in [3.8, 4) is 0 Å². The number of aryl methyl sites for hydroxylation is 1. The molecular formula is C15H24N2OS. The van der Waals surface area contributed by atoms with Crippen molar-refractivity contribution in [1.29, 1.82) is 0 Å². The fraction of sp³-hybridized carbons (Fsp3) is 0.533. The molecule has 106 valence electrons. The Morgan fingerprint density at radius 1 is 1.47 bits per heavy atom. The summed E-state index contributed by atoms with van der Waals surface area (Å²) < 4.78 is 0. The Morgan fingerprint density at radius 3 is 2.84 bits per heavy atom. The third-order valence-corrected chi connectivity index (χ3v) is 4.48. The number of carbonyl (C=O) groups is 1. The molecule has 4 heteroatoms. The first kappa shape index (κ1) is 15.9. The van der Waals surface area contributed by atoms with Crippen LogP contribution in [-0.4, -0.2) is 16.9 Å². The summed E-state index contributed by atoms with van der Waals surface area (Å²) in [5, 5.41) is 3.62. The van der Waals surface area contributed by atoms with Gasteiger partial charge in [0, 0.05) is 23.0 Å². The van der Waals surface area contributed by atoms with E-state index in [1.807, 2.05) is 30.8 Å². The zero-order valence-corrected chi connectivity index (χ0v) is 12.8. The van der Waals surface area contributed by atoms with Gasteiger partial charge < -0.3 is 11.1 Å². The molecule has 0 aromatic heterocycles. The van der Waals surface area contributed by atoms with Crippen LogP contribution in [0.5, 0.6) is 0 Å². The van der Waals surface area contributed by atoms with Gasteiger partial charge in [0.15, 0.2) is 0 Å². The minimum Gasteiger partial charge on any atom is -0.399 e. The van der Waals surface area contributed by atoms with Gasteiger partial charge in [0.05, 0.1) is 0 Å². The largest absolute Gasteiger partial charge is 0.399 e. The van der Waals surface area contributed by atoms with Gasteiger partial charge in [0.2, 0.25) is 5.91 Å². The molecule has 3 N–H and O–H groups in total. The zero-order valence-electron chi connectivity index (χ0n) is 12.0. The van der Waals surface area contributed by atoms with Crippen molar-refractivity contribution < 1.29 is 4.79 Å². The number of hydrogen-bond acceptors (Lipinski definition) is 3. The van der Waals surface area contributed by atoms with Crippen LogP contribution >= 0.6 is 11.8 Å². The van der Waals surface area contributed by atoms with Crippen LogP contribution < -0.4 is 11.1 Å². The second kappa shape index (κ2) is 8.10. The fourth-order valence-corrected chi connectivity index (χ4v) is 2.62. The SMILES string of the molecule is CCC(C)SCCCC(=O)Nc1ccc(N)cc1C. The van der Waals surface area contributed by atoms with Crippen molar-refractivity contribution in [2.45, 2.75) is 45.3 Å². The lowest BCUT2D eigenvalue weighted by atomic mass is 10.1. The Balaban J connectivity index is 2.31. The molecule has 0 aliphatic heterocycles. The number of nitrogen functional groups attached to an aromatic ring is 1. The summed E-state index contributed by atoms with van der Waals surface area (Å²) in [5.74, 6) is 1.13. The Labute approximate surface area is 120 Å². The molecule has 1 amide bonds. The molecule has 3 nitrogen and oxygen atoms in total. The first-order valence-corrected chi connectivity index (χ1v) is 7.85. The minimum atomic E-state index is 0.0811. The summed E-state index contributed by atoms with van der Waals surface area (Å²) in [6.07, 6.45) is 2.68. The molecule has 1 aromatic rings. The number of hydrogen-bond donors (Lipinski definition) is 2. The van der Waals surface area contributed by atoms with E-state index in [-0.39, 0.29) is 5.91 Å². The van der Waals surface area contributed by atoms with Crippen molar-refractivity contribution in [3.63, 3.8) is 0 Å². The van der Waals surface area contributed by atoms with Crippen LogP contribution in [0.4, 0.5) is 11.4 Å². The lowest BCUT2D eigenvalue weighted by Gasteiger charge is -2.10. The summed E-state index contributed by atoms with van der Waals surface area (Å²) in [5.41, 5.74) is 8.26. The van der Waals surface area contributed by atoms with Crippen molar-refractivity contribution >= 4 is 29.0 Å². The van der Waals surface area contributed by atoms with Gasteiger partial charge in [-0.25, -0.2) is 0 Å². The molecule has 0 spiro atoms. The highest BCUT2D eigenvalue weighted by Crippen LogP contribution is 2.19. The van der Waals surface area contributed by atoms with Crippen LogP contribution in [-0.2, 0) is 4.79 Å². The highest BCUT2D eigenvalue weighted by atomic mass is 32.2. The van der Waals surface area contributed by atoms with Gasteiger partial charge in [-0.2, -0.15) is 11.8 Å².